The molecule has 0 bridgehead atoms. The molecule has 15 heavy (non-hydrogen) atoms. The first-order chi connectivity index (χ1) is 7.33. The van der Waals surface area contributed by atoms with Crippen molar-refractivity contribution in [2.75, 3.05) is 0 Å². The maximum absolute atomic E-state index is 8.58. The van der Waals surface area contributed by atoms with Crippen molar-refractivity contribution in [3.8, 4) is 0 Å². The zero-order valence-corrected chi connectivity index (χ0v) is 10.6. The third kappa shape index (κ3) is 24.7. The van der Waals surface area contributed by atoms with Gasteiger partial charge in [-0.2, -0.15) is 0 Å². The molecule has 2 N–H and O–H groups in total. The van der Waals surface area contributed by atoms with Crippen LogP contribution >= 0.6 is 0 Å². The fraction of sp³-hybridized carbons (Fsp3) is 0.923. The van der Waals surface area contributed by atoms with Crippen LogP contribution in [0.25, 0.3) is 0 Å². The lowest BCUT2D eigenvalue weighted by molar-refractivity contribution is -0.106. The Morgan fingerprint density at radius 2 is 0.933 bits per heavy atom. The largest absolute Gasteiger partial charge is 0.372 e. The molecule has 0 rings (SSSR count). The summed E-state index contributed by atoms with van der Waals surface area (Å²) in [5.74, 6) is 0. The summed E-state index contributed by atoms with van der Waals surface area (Å²) < 4.78 is 0. The molecule has 0 spiro atoms. The van der Waals surface area contributed by atoms with E-state index in [1.807, 2.05) is 0 Å². The number of unbranched alkanes of at least 4 members (excludes halogenated alkanes) is 9. The van der Waals surface area contributed by atoms with E-state index in [-0.39, 0.29) is 6.41 Å². The molecule has 0 atom stereocenters. The lowest BCUT2D eigenvalue weighted by Crippen LogP contribution is -1.82. The van der Waals surface area contributed by atoms with E-state index in [0.29, 0.717) is 0 Å². The molecular weight excluding hydrogens is 186 g/mol. The van der Waals surface area contributed by atoms with Gasteiger partial charge in [0.25, 0.3) is 0 Å². The average molecular weight is 215 g/mol. The van der Waals surface area contributed by atoms with E-state index in [2.05, 4.69) is 19.6 Å². The highest BCUT2D eigenvalue weighted by Crippen LogP contribution is 2.09. The van der Waals surface area contributed by atoms with Crippen LogP contribution < -0.4 is 5.73 Å². The second-order valence-electron chi connectivity index (χ2n) is 3.96. The molecule has 92 valence electrons. The minimum atomic E-state index is 0.250. The summed E-state index contributed by atoms with van der Waals surface area (Å²) in [6, 6.07) is 0. The summed E-state index contributed by atoms with van der Waals surface area (Å²) in [5, 5.41) is 0. The van der Waals surface area contributed by atoms with Crippen LogP contribution in [0.1, 0.15) is 78.1 Å². The first-order valence-corrected chi connectivity index (χ1v) is 6.48. The lowest BCUT2D eigenvalue weighted by atomic mass is 10.1. The maximum atomic E-state index is 8.58. The zero-order valence-electron chi connectivity index (χ0n) is 10.6. The van der Waals surface area contributed by atoms with Gasteiger partial charge >= 0.3 is 0 Å². The van der Waals surface area contributed by atoms with E-state index in [1.54, 1.807) is 0 Å². The molecule has 0 saturated carbocycles. The number of carbonyl (C=O) groups excluding carboxylic acids is 1. The predicted octanol–water partition coefficient (Wildman–Crippen LogP) is 4.03. The molecule has 0 saturated heterocycles. The van der Waals surface area contributed by atoms with Crippen molar-refractivity contribution in [2.24, 2.45) is 5.73 Å². The van der Waals surface area contributed by atoms with Crippen LogP contribution in [0.4, 0.5) is 0 Å². The van der Waals surface area contributed by atoms with Crippen LogP contribution in [0.2, 0.25) is 0 Å². The number of rotatable bonds is 9. The van der Waals surface area contributed by atoms with E-state index in [1.165, 1.54) is 64.2 Å². The summed E-state index contributed by atoms with van der Waals surface area (Å²) in [4.78, 5) is 8.58. The Morgan fingerprint density at radius 3 is 1.13 bits per heavy atom. The van der Waals surface area contributed by atoms with E-state index >= 15 is 0 Å². The molecule has 0 aliphatic heterocycles. The van der Waals surface area contributed by atoms with E-state index < -0.39 is 0 Å². The minimum Gasteiger partial charge on any atom is -0.372 e. The van der Waals surface area contributed by atoms with Crippen LogP contribution in [0.15, 0.2) is 0 Å². The fourth-order valence-electron chi connectivity index (χ4n) is 1.56. The lowest BCUT2D eigenvalue weighted by Gasteiger charge is -1.99. The van der Waals surface area contributed by atoms with Crippen LogP contribution in [0.3, 0.4) is 0 Å². The Labute approximate surface area is 95.6 Å². The first-order valence-electron chi connectivity index (χ1n) is 6.48. The molecule has 1 amide bonds. The van der Waals surface area contributed by atoms with Crippen molar-refractivity contribution in [1.29, 1.82) is 0 Å². The van der Waals surface area contributed by atoms with Crippen molar-refractivity contribution in [3.63, 3.8) is 0 Å². The van der Waals surface area contributed by atoms with Gasteiger partial charge in [-0.15, -0.1) is 0 Å². The summed E-state index contributed by atoms with van der Waals surface area (Å²) in [5.41, 5.74) is 4.17. The summed E-state index contributed by atoms with van der Waals surface area (Å²) in [7, 11) is 0. The molecule has 0 aromatic rings. The Hall–Kier alpha value is -0.530. The smallest absolute Gasteiger partial charge is 0.204 e. The average Bonchev–Trinajstić information content (AvgIpc) is 2.23. The van der Waals surface area contributed by atoms with Crippen molar-refractivity contribution < 1.29 is 4.79 Å². The number of primary amides is 1. The van der Waals surface area contributed by atoms with Crippen molar-refractivity contribution in [2.45, 2.75) is 78.1 Å². The van der Waals surface area contributed by atoms with Gasteiger partial charge in [0, 0.05) is 0 Å². The van der Waals surface area contributed by atoms with Crippen LogP contribution in [0, 0.1) is 0 Å². The second kappa shape index (κ2) is 19.1. The number of nitrogens with two attached hydrogens (primary N) is 1. The minimum absolute atomic E-state index is 0.250. The van der Waals surface area contributed by atoms with Gasteiger partial charge < -0.3 is 5.73 Å². The van der Waals surface area contributed by atoms with Crippen molar-refractivity contribution in [1.82, 2.24) is 0 Å². The van der Waals surface area contributed by atoms with Gasteiger partial charge in [0.05, 0.1) is 0 Å². The maximum Gasteiger partial charge on any atom is 0.204 e. The fourth-order valence-corrected chi connectivity index (χ4v) is 1.56. The highest BCUT2D eigenvalue weighted by Gasteiger charge is 1.90. The van der Waals surface area contributed by atoms with E-state index in [4.69, 9.17) is 4.79 Å². The van der Waals surface area contributed by atoms with E-state index in [9.17, 15) is 0 Å². The molecule has 0 aliphatic carbocycles. The Balaban J connectivity index is 0. The number of amides is 1. The highest BCUT2D eigenvalue weighted by molar-refractivity contribution is 5.42. The first kappa shape index (κ1) is 16.9. The SMILES string of the molecule is CCCCCCCCCCCC.NC=O. The number of carbonyl (C=O) groups is 1. The molecule has 0 aromatic carbocycles. The van der Waals surface area contributed by atoms with Gasteiger partial charge in [0.2, 0.25) is 6.41 Å². The normalized spacial score (nSPS) is 9.20. The highest BCUT2D eigenvalue weighted by atomic mass is 16.1. The summed E-state index contributed by atoms with van der Waals surface area (Å²) >= 11 is 0. The Bertz CT molecular complexity index is 94.7. The molecule has 0 fully saturated rings. The molecule has 2 nitrogen and oxygen atoms in total. The topological polar surface area (TPSA) is 43.1 Å². The molecular formula is C13H29NO. The summed E-state index contributed by atoms with van der Waals surface area (Å²) in [6.07, 6.45) is 14.7. The zero-order chi connectivity index (χ0) is 11.8. The van der Waals surface area contributed by atoms with Crippen LogP contribution in [0.5, 0.6) is 0 Å². The van der Waals surface area contributed by atoms with Crippen molar-refractivity contribution in [3.05, 3.63) is 0 Å². The quantitative estimate of drug-likeness (QED) is 0.458. The van der Waals surface area contributed by atoms with E-state index in [0.717, 1.165) is 0 Å². The molecule has 0 radical (unpaired) electrons. The van der Waals surface area contributed by atoms with Gasteiger partial charge in [0.1, 0.15) is 0 Å². The molecule has 2 heteroatoms. The number of hydrogen-bond acceptors (Lipinski definition) is 1. The standard InChI is InChI=1S/C12H26.CH3NO/c1-3-5-7-9-11-12-10-8-6-4-2;2-1-3/h3-12H2,1-2H3;1H,(H2,2,3). The van der Waals surface area contributed by atoms with Crippen LogP contribution in [-0.2, 0) is 4.79 Å². The van der Waals surface area contributed by atoms with Gasteiger partial charge in [-0.3, -0.25) is 4.79 Å². The van der Waals surface area contributed by atoms with Gasteiger partial charge in [-0.25, -0.2) is 0 Å². The van der Waals surface area contributed by atoms with Crippen molar-refractivity contribution >= 4 is 6.41 Å². The van der Waals surface area contributed by atoms with Crippen LogP contribution in [-0.4, -0.2) is 6.41 Å². The third-order valence-corrected chi connectivity index (χ3v) is 2.46. The third-order valence-electron chi connectivity index (χ3n) is 2.46. The van der Waals surface area contributed by atoms with Gasteiger partial charge in [-0.05, 0) is 0 Å². The predicted molar refractivity (Wildman–Crippen MR) is 67.8 cm³/mol. The molecule has 0 unspecified atom stereocenters. The monoisotopic (exact) mass is 215 g/mol. The molecule has 0 aromatic heterocycles. The Morgan fingerprint density at radius 1 is 0.733 bits per heavy atom. The van der Waals surface area contributed by atoms with Gasteiger partial charge in [-0.1, -0.05) is 78.1 Å². The number of hydrogen-bond donors (Lipinski definition) is 1. The van der Waals surface area contributed by atoms with Gasteiger partial charge in [0.15, 0.2) is 0 Å². The molecule has 0 aliphatic rings. The molecule has 0 heterocycles. The summed E-state index contributed by atoms with van der Waals surface area (Å²) in [6.45, 7) is 4.56. The second-order valence-corrected chi connectivity index (χ2v) is 3.96. The Kier molecular flexibility index (Phi) is 21.5.